The molecule has 0 aliphatic carbocycles. The van der Waals surface area contributed by atoms with E-state index in [1.165, 1.54) is 18.2 Å². The number of hydrogen-bond donors (Lipinski definition) is 1. The molecule has 6 nitrogen and oxygen atoms in total. The number of carbonyl (C=O) groups is 1. The van der Waals surface area contributed by atoms with Crippen LogP contribution in [-0.2, 0) is 9.84 Å². The number of benzene rings is 2. The van der Waals surface area contributed by atoms with Crippen molar-refractivity contribution in [1.82, 2.24) is 0 Å². The molecule has 2 aromatic carbocycles. The van der Waals surface area contributed by atoms with Crippen LogP contribution in [0.4, 0.5) is 27.6 Å². The van der Waals surface area contributed by atoms with Crippen LogP contribution < -0.4 is 14.8 Å². The van der Waals surface area contributed by atoms with Crippen LogP contribution in [0.15, 0.2) is 47.4 Å². The maximum atomic E-state index is 12.7. The van der Waals surface area contributed by atoms with Gasteiger partial charge < -0.3 is 14.8 Å². The van der Waals surface area contributed by atoms with Gasteiger partial charge in [0.25, 0.3) is 15.7 Å². The normalized spacial score (nSPS) is 12.0. The average molecular weight is 425 g/mol. The lowest BCUT2D eigenvalue weighted by Gasteiger charge is -2.14. The molecule has 0 saturated heterocycles. The van der Waals surface area contributed by atoms with E-state index in [1.54, 1.807) is 0 Å². The second-order valence-corrected chi connectivity index (χ2v) is 7.11. The van der Waals surface area contributed by atoms with Gasteiger partial charge >= 0.3 is 12.1 Å². The first-order valence-corrected chi connectivity index (χ1v) is 8.79. The summed E-state index contributed by atoms with van der Waals surface area (Å²) in [7, 11) is -4.50. The molecule has 28 heavy (non-hydrogen) atoms. The molecule has 1 N–H and O–H groups in total. The van der Waals surface area contributed by atoms with E-state index in [9.17, 15) is 35.2 Å². The Bertz CT molecular complexity index is 976. The quantitative estimate of drug-likeness (QED) is 0.712. The van der Waals surface area contributed by atoms with Gasteiger partial charge in [-0.3, -0.25) is 4.79 Å². The van der Waals surface area contributed by atoms with E-state index in [1.807, 2.05) is 0 Å². The van der Waals surface area contributed by atoms with Crippen LogP contribution in [0.3, 0.4) is 0 Å². The summed E-state index contributed by atoms with van der Waals surface area (Å²) >= 11 is 0. The molecule has 2 rings (SSSR count). The van der Waals surface area contributed by atoms with Crippen molar-refractivity contribution in [1.29, 1.82) is 0 Å². The van der Waals surface area contributed by atoms with Gasteiger partial charge in [-0.1, -0.05) is 6.07 Å². The van der Waals surface area contributed by atoms with Crippen LogP contribution in [-0.4, -0.2) is 33.6 Å². The molecular weight excluding hydrogens is 413 g/mol. The van der Waals surface area contributed by atoms with E-state index in [-0.39, 0.29) is 22.7 Å². The molecule has 152 valence electrons. The Morgan fingerprint density at radius 3 is 2.36 bits per heavy atom. The molecule has 0 fully saturated rings. The first kappa shape index (κ1) is 21.4. The van der Waals surface area contributed by atoms with Crippen LogP contribution >= 0.6 is 0 Å². The topological polar surface area (TPSA) is 81.7 Å². The number of hydrogen-bond acceptors (Lipinski definition) is 5. The smallest absolute Gasteiger partial charge is 0.495 e. The van der Waals surface area contributed by atoms with Crippen molar-refractivity contribution >= 4 is 21.4 Å². The fraction of sp³-hybridized carbons (Fsp3) is 0.188. The standard InChI is InChI=1S/C16H12F5NO5S/c1-26-13-6-5-11(28(24,25)16(19,20)21)8-12(13)22-14(23)9-3-2-4-10(7-9)27-15(17)18/h2-8,15H,1H3,(H,22,23). The summed E-state index contributed by atoms with van der Waals surface area (Å²) in [6.45, 7) is -3.12. The zero-order valence-corrected chi connectivity index (χ0v) is 14.8. The molecule has 0 atom stereocenters. The van der Waals surface area contributed by atoms with E-state index in [0.29, 0.717) is 12.1 Å². The summed E-state index contributed by atoms with van der Waals surface area (Å²) in [6, 6.07) is 6.81. The lowest BCUT2D eigenvalue weighted by Crippen LogP contribution is -2.23. The highest BCUT2D eigenvalue weighted by atomic mass is 32.2. The maximum absolute atomic E-state index is 12.7. The van der Waals surface area contributed by atoms with Crippen molar-refractivity contribution < 1.29 is 44.6 Å². The SMILES string of the molecule is COc1ccc(S(=O)(=O)C(F)(F)F)cc1NC(=O)c1cccc(OC(F)F)c1. The molecule has 0 bridgehead atoms. The van der Waals surface area contributed by atoms with Crippen molar-refractivity contribution in [3.05, 3.63) is 48.0 Å². The molecule has 2 aromatic rings. The van der Waals surface area contributed by atoms with Gasteiger partial charge in [0.2, 0.25) is 0 Å². The number of nitrogens with one attached hydrogen (secondary N) is 1. The monoisotopic (exact) mass is 425 g/mol. The summed E-state index contributed by atoms with van der Waals surface area (Å²) in [5, 5.41) is 2.18. The van der Waals surface area contributed by atoms with Crippen LogP contribution in [0, 0.1) is 0 Å². The highest BCUT2D eigenvalue weighted by Crippen LogP contribution is 2.35. The van der Waals surface area contributed by atoms with E-state index >= 15 is 0 Å². The van der Waals surface area contributed by atoms with Crippen LogP contribution in [0.2, 0.25) is 0 Å². The largest absolute Gasteiger partial charge is 0.501 e. The zero-order chi connectivity index (χ0) is 21.1. The second-order valence-electron chi connectivity index (χ2n) is 5.17. The molecule has 12 heteroatoms. The first-order valence-electron chi connectivity index (χ1n) is 7.31. The van der Waals surface area contributed by atoms with Crippen molar-refractivity contribution in [2.45, 2.75) is 17.0 Å². The maximum Gasteiger partial charge on any atom is 0.501 e. The van der Waals surface area contributed by atoms with Crippen molar-refractivity contribution in [3.8, 4) is 11.5 Å². The Hall–Kier alpha value is -2.89. The number of sulfone groups is 1. The molecule has 0 aromatic heterocycles. The van der Waals surface area contributed by atoms with Gasteiger partial charge in [0.15, 0.2) is 0 Å². The number of carbonyl (C=O) groups excluding carboxylic acids is 1. The van der Waals surface area contributed by atoms with Crippen LogP contribution in [0.1, 0.15) is 10.4 Å². The number of alkyl halides is 5. The minimum atomic E-state index is -5.65. The Morgan fingerprint density at radius 2 is 1.79 bits per heavy atom. The molecule has 0 aliphatic heterocycles. The molecular formula is C16H12F5NO5S. The number of ether oxygens (including phenoxy) is 2. The number of anilines is 1. The van der Waals surface area contributed by atoms with Crippen molar-refractivity contribution in [2.24, 2.45) is 0 Å². The zero-order valence-electron chi connectivity index (χ0n) is 14.0. The van der Waals surface area contributed by atoms with Crippen LogP contribution in [0.25, 0.3) is 0 Å². The highest BCUT2D eigenvalue weighted by Gasteiger charge is 2.47. The van der Waals surface area contributed by atoms with E-state index < -0.39 is 32.8 Å². The molecule has 0 radical (unpaired) electrons. The molecule has 0 aliphatic rings. The summed E-state index contributed by atoms with van der Waals surface area (Å²) in [6.07, 6.45) is 0. The number of methoxy groups -OCH3 is 1. The summed E-state index contributed by atoms with van der Waals surface area (Å²) in [4.78, 5) is 11.2. The average Bonchev–Trinajstić information content (AvgIpc) is 2.60. The molecule has 0 spiro atoms. The third-order valence-corrected chi connectivity index (χ3v) is 4.84. The minimum absolute atomic E-state index is 0.116. The van der Waals surface area contributed by atoms with E-state index in [2.05, 4.69) is 10.1 Å². The van der Waals surface area contributed by atoms with Gasteiger partial charge in [-0.05, 0) is 36.4 Å². The molecule has 0 saturated carbocycles. The van der Waals surface area contributed by atoms with E-state index in [4.69, 9.17) is 4.74 Å². The summed E-state index contributed by atoms with van der Waals surface area (Å²) in [5.74, 6) is -1.35. The Balaban J connectivity index is 2.37. The van der Waals surface area contributed by atoms with Gasteiger partial charge in [0.05, 0.1) is 17.7 Å². The van der Waals surface area contributed by atoms with Gasteiger partial charge in [-0.25, -0.2) is 8.42 Å². The Labute approximate surface area is 155 Å². The van der Waals surface area contributed by atoms with Crippen molar-refractivity contribution in [2.75, 3.05) is 12.4 Å². The van der Waals surface area contributed by atoms with Gasteiger partial charge in [-0.15, -0.1) is 0 Å². The fourth-order valence-corrected chi connectivity index (χ4v) is 2.88. The number of rotatable bonds is 6. The number of halogens is 5. The van der Waals surface area contributed by atoms with Gasteiger partial charge in [0, 0.05) is 5.56 Å². The van der Waals surface area contributed by atoms with Gasteiger partial charge in [-0.2, -0.15) is 22.0 Å². The third-order valence-electron chi connectivity index (χ3n) is 3.36. The second kappa shape index (κ2) is 8.00. The van der Waals surface area contributed by atoms with Gasteiger partial charge in [0.1, 0.15) is 11.5 Å². The Kier molecular flexibility index (Phi) is 6.12. The fourth-order valence-electron chi connectivity index (χ4n) is 2.09. The van der Waals surface area contributed by atoms with Crippen molar-refractivity contribution in [3.63, 3.8) is 0 Å². The predicted molar refractivity (Wildman–Crippen MR) is 87.3 cm³/mol. The summed E-state index contributed by atoms with van der Waals surface area (Å²) < 4.78 is 94.9. The molecule has 1 amide bonds. The first-order chi connectivity index (χ1) is 13.0. The summed E-state index contributed by atoms with van der Waals surface area (Å²) in [5.41, 5.74) is -6.06. The van der Waals surface area contributed by atoms with Crippen LogP contribution in [0.5, 0.6) is 11.5 Å². The van der Waals surface area contributed by atoms with E-state index in [0.717, 1.165) is 19.2 Å². The lowest BCUT2D eigenvalue weighted by molar-refractivity contribution is -0.0499. The highest BCUT2D eigenvalue weighted by molar-refractivity contribution is 7.92. The predicted octanol–water partition coefficient (Wildman–Crippen LogP) is 3.84. The third kappa shape index (κ3) is 4.68. The Morgan fingerprint density at radius 1 is 1.11 bits per heavy atom. The minimum Gasteiger partial charge on any atom is -0.495 e. The molecule has 0 unspecified atom stereocenters. The number of amides is 1. The lowest BCUT2D eigenvalue weighted by atomic mass is 10.2. The molecule has 0 heterocycles.